The van der Waals surface area contributed by atoms with Gasteiger partial charge in [-0.2, -0.15) is 0 Å². The molecular weight excluding hydrogens is 269 g/mol. The molecule has 0 saturated carbocycles. The van der Waals surface area contributed by atoms with Crippen LogP contribution in [0.2, 0.25) is 0 Å². The van der Waals surface area contributed by atoms with Crippen LogP contribution in [0.3, 0.4) is 0 Å². The molecule has 1 N–H and O–H groups in total. The third kappa shape index (κ3) is 2.72. The fourth-order valence-electron chi connectivity index (χ4n) is 2.69. The molecule has 0 saturated heterocycles. The molecule has 0 spiro atoms. The van der Waals surface area contributed by atoms with Crippen LogP contribution in [0.15, 0.2) is 42.5 Å². The van der Waals surface area contributed by atoms with E-state index in [0.29, 0.717) is 6.61 Å². The molecule has 1 aliphatic rings. The zero-order valence-corrected chi connectivity index (χ0v) is 12.1. The van der Waals surface area contributed by atoms with Gasteiger partial charge in [0.05, 0.1) is 6.04 Å². The van der Waals surface area contributed by atoms with Crippen molar-refractivity contribution in [3.8, 4) is 11.5 Å². The number of aryl methyl sites for hydroxylation is 1. The number of para-hydroxylation sites is 2. The predicted molar refractivity (Wildman–Crippen MR) is 79.3 cm³/mol. The van der Waals surface area contributed by atoms with Gasteiger partial charge in [0.15, 0.2) is 17.6 Å². The Hall–Kier alpha value is -2.07. The number of ether oxygens (including phenoxy) is 2. The van der Waals surface area contributed by atoms with E-state index in [0.717, 1.165) is 22.6 Å². The van der Waals surface area contributed by atoms with Crippen molar-refractivity contribution in [2.75, 3.05) is 13.7 Å². The van der Waals surface area contributed by atoms with Crippen LogP contribution in [0, 0.1) is 12.7 Å². The first-order chi connectivity index (χ1) is 10.2. The van der Waals surface area contributed by atoms with Crippen molar-refractivity contribution < 1.29 is 13.9 Å². The van der Waals surface area contributed by atoms with Crippen LogP contribution in [0.5, 0.6) is 11.5 Å². The number of hydrogen-bond donors (Lipinski definition) is 1. The highest BCUT2D eigenvalue weighted by molar-refractivity contribution is 5.41. The van der Waals surface area contributed by atoms with E-state index in [-0.39, 0.29) is 18.0 Å². The summed E-state index contributed by atoms with van der Waals surface area (Å²) in [4.78, 5) is 0. The Balaban J connectivity index is 1.90. The molecule has 0 aromatic heterocycles. The first-order valence-corrected chi connectivity index (χ1v) is 7.01. The summed E-state index contributed by atoms with van der Waals surface area (Å²) in [5.74, 6) is 1.23. The second-order valence-corrected chi connectivity index (χ2v) is 5.18. The number of fused-ring (bicyclic) bond motifs is 1. The van der Waals surface area contributed by atoms with Crippen LogP contribution in [0.1, 0.15) is 17.2 Å². The Morgan fingerprint density at radius 1 is 1.19 bits per heavy atom. The van der Waals surface area contributed by atoms with Gasteiger partial charge in [0.25, 0.3) is 0 Å². The molecule has 0 fully saturated rings. The molecule has 4 heteroatoms. The van der Waals surface area contributed by atoms with Crippen molar-refractivity contribution in [1.29, 1.82) is 0 Å². The van der Waals surface area contributed by atoms with E-state index in [4.69, 9.17) is 9.47 Å². The van der Waals surface area contributed by atoms with Gasteiger partial charge in [0.2, 0.25) is 0 Å². The van der Waals surface area contributed by atoms with Gasteiger partial charge in [0.1, 0.15) is 12.4 Å². The lowest BCUT2D eigenvalue weighted by Gasteiger charge is -2.33. The summed E-state index contributed by atoms with van der Waals surface area (Å²) in [5, 5.41) is 3.22. The molecule has 2 aromatic rings. The maximum absolute atomic E-state index is 13.6. The molecule has 1 aliphatic heterocycles. The van der Waals surface area contributed by atoms with E-state index in [1.165, 1.54) is 6.07 Å². The lowest BCUT2D eigenvalue weighted by Crippen LogP contribution is -2.40. The first kappa shape index (κ1) is 13.9. The maximum atomic E-state index is 13.6. The average molecular weight is 287 g/mol. The minimum absolute atomic E-state index is 0.131. The minimum Gasteiger partial charge on any atom is -0.486 e. The third-order valence-electron chi connectivity index (χ3n) is 3.79. The van der Waals surface area contributed by atoms with Crippen molar-refractivity contribution in [3.63, 3.8) is 0 Å². The van der Waals surface area contributed by atoms with E-state index in [9.17, 15) is 4.39 Å². The van der Waals surface area contributed by atoms with Crippen molar-refractivity contribution >= 4 is 0 Å². The molecule has 0 aliphatic carbocycles. The van der Waals surface area contributed by atoms with Crippen LogP contribution in [-0.2, 0) is 0 Å². The Morgan fingerprint density at radius 3 is 2.71 bits per heavy atom. The molecule has 0 bridgehead atoms. The van der Waals surface area contributed by atoms with Gasteiger partial charge in [-0.15, -0.1) is 0 Å². The van der Waals surface area contributed by atoms with Crippen LogP contribution in [0.4, 0.5) is 4.39 Å². The molecule has 3 nitrogen and oxygen atoms in total. The number of rotatable bonds is 3. The van der Waals surface area contributed by atoms with Gasteiger partial charge in [-0.25, -0.2) is 4.39 Å². The highest BCUT2D eigenvalue weighted by Gasteiger charge is 2.30. The molecule has 2 atom stereocenters. The smallest absolute Gasteiger partial charge is 0.161 e. The molecule has 0 amide bonds. The first-order valence-electron chi connectivity index (χ1n) is 7.01. The zero-order valence-electron chi connectivity index (χ0n) is 12.1. The molecular formula is C17H18FNO2. The number of nitrogens with one attached hydrogen (secondary N) is 1. The molecule has 110 valence electrons. The van der Waals surface area contributed by atoms with Gasteiger partial charge >= 0.3 is 0 Å². The lowest BCUT2D eigenvalue weighted by molar-refractivity contribution is 0.0636. The number of hydrogen-bond acceptors (Lipinski definition) is 3. The zero-order chi connectivity index (χ0) is 14.8. The van der Waals surface area contributed by atoms with E-state index >= 15 is 0 Å². The van der Waals surface area contributed by atoms with Gasteiger partial charge in [-0.05, 0) is 49.4 Å². The summed E-state index contributed by atoms with van der Waals surface area (Å²) in [6.07, 6.45) is -0.203. The Morgan fingerprint density at radius 2 is 1.95 bits per heavy atom. The number of likely N-dealkylation sites (N-methyl/N-ethyl adjacent to an activating group) is 1. The van der Waals surface area contributed by atoms with Crippen LogP contribution >= 0.6 is 0 Å². The van der Waals surface area contributed by atoms with Crippen molar-refractivity contribution in [2.45, 2.75) is 19.1 Å². The SMILES string of the molecule is CNC(c1cc(F)ccc1C)C1COc2ccccc2O1. The van der Waals surface area contributed by atoms with E-state index in [2.05, 4.69) is 5.32 Å². The lowest BCUT2D eigenvalue weighted by atomic mass is 9.96. The standard InChI is InChI=1S/C17H18FNO2/c1-11-7-8-12(18)9-13(11)17(19-2)16-10-20-14-5-3-4-6-15(14)21-16/h3-9,16-17,19H,10H2,1-2H3. The summed E-state index contributed by atoms with van der Waals surface area (Å²) in [7, 11) is 1.85. The quantitative estimate of drug-likeness (QED) is 0.940. The van der Waals surface area contributed by atoms with Crippen molar-refractivity contribution in [1.82, 2.24) is 5.32 Å². The van der Waals surface area contributed by atoms with Crippen LogP contribution in [-0.4, -0.2) is 19.8 Å². The van der Waals surface area contributed by atoms with E-state index < -0.39 is 0 Å². The summed E-state index contributed by atoms with van der Waals surface area (Å²) in [5.41, 5.74) is 1.92. The highest BCUT2D eigenvalue weighted by atomic mass is 19.1. The molecule has 21 heavy (non-hydrogen) atoms. The molecule has 2 unspecified atom stereocenters. The second-order valence-electron chi connectivity index (χ2n) is 5.18. The average Bonchev–Trinajstić information content (AvgIpc) is 2.51. The number of halogens is 1. The predicted octanol–water partition coefficient (Wildman–Crippen LogP) is 3.23. The summed E-state index contributed by atoms with van der Waals surface area (Å²) >= 11 is 0. The monoisotopic (exact) mass is 287 g/mol. The van der Waals surface area contributed by atoms with Gasteiger partial charge < -0.3 is 14.8 Å². The molecule has 0 radical (unpaired) electrons. The highest BCUT2D eigenvalue weighted by Crippen LogP contribution is 2.34. The fraction of sp³-hybridized carbons (Fsp3) is 0.294. The summed E-state index contributed by atoms with van der Waals surface area (Å²) in [6.45, 7) is 2.40. The molecule has 1 heterocycles. The Bertz CT molecular complexity index is 644. The largest absolute Gasteiger partial charge is 0.486 e. The Labute approximate surface area is 123 Å². The number of benzene rings is 2. The maximum Gasteiger partial charge on any atom is 0.161 e. The minimum atomic E-state index is -0.243. The van der Waals surface area contributed by atoms with Gasteiger partial charge in [-0.3, -0.25) is 0 Å². The summed E-state index contributed by atoms with van der Waals surface area (Å²) < 4.78 is 25.3. The normalized spacial score (nSPS) is 18.3. The summed E-state index contributed by atoms with van der Waals surface area (Å²) in [6, 6.07) is 12.3. The van der Waals surface area contributed by atoms with Crippen LogP contribution in [0.25, 0.3) is 0 Å². The van der Waals surface area contributed by atoms with Gasteiger partial charge in [0, 0.05) is 0 Å². The topological polar surface area (TPSA) is 30.5 Å². The molecule has 3 rings (SSSR count). The fourth-order valence-corrected chi connectivity index (χ4v) is 2.69. The molecule has 2 aromatic carbocycles. The Kier molecular flexibility index (Phi) is 3.80. The second kappa shape index (κ2) is 5.74. The van der Waals surface area contributed by atoms with Gasteiger partial charge in [-0.1, -0.05) is 18.2 Å². The van der Waals surface area contributed by atoms with Crippen molar-refractivity contribution in [2.24, 2.45) is 0 Å². The van der Waals surface area contributed by atoms with E-state index in [1.807, 2.05) is 38.2 Å². The van der Waals surface area contributed by atoms with Crippen LogP contribution < -0.4 is 14.8 Å². The van der Waals surface area contributed by atoms with Crippen molar-refractivity contribution in [3.05, 3.63) is 59.4 Å². The van der Waals surface area contributed by atoms with E-state index in [1.54, 1.807) is 12.1 Å². The third-order valence-corrected chi connectivity index (χ3v) is 3.79.